The van der Waals surface area contributed by atoms with Gasteiger partial charge in [-0.1, -0.05) is 18.2 Å². The number of hydrogen-bond acceptors (Lipinski definition) is 3. The van der Waals surface area contributed by atoms with E-state index in [0.717, 1.165) is 48.3 Å². The molecule has 1 aliphatic heterocycles. The first-order chi connectivity index (χ1) is 11.2. The minimum Gasteiger partial charge on any atom is -0.497 e. The molecule has 0 radical (unpaired) electrons. The monoisotopic (exact) mass is 310 g/mol. The maximum Gasteiger partial charge on any atom is 0.246 e. The van der Waals surface area contributed by atoms with E-state index >= 15 is 0 Å². The van der Waals surface area contributed by atoms with Crippen molar-refractivity contribution in [3.63, 3.8) is 0 Å². The molecule has 1 amide bonds. The van der Waals surface area contributed by atoms with Gasteiger partial charge in [0.05, 0.1) is 7.11 Å². The molecule has 2 aromatic carbocycles. The zero-order valence-electron chi connectivity index (χ0n) is 13.7. The topological polar surface area (TPSA) is 32.8 Å². The van der Waals surface area contributed by atoms with Crippen LogP contribution in [0.3, 0.4) is 0 Å². The Hall–Kier alpha value is -2.33. The van der Waals surface area contributed by atoms with Crippen LogP contribution < -0.4 is 4.74 Å². The van der Waals surface area contributed by atoms with E-state index in [-0.39, 0.29) is 5.91 Å². The number of carbonyl (C=O) groups is 1. The number of amides is 1. The number of nitrogens with zero attached hydrogens (tertiary/aromatic N) is 2. The number of benzene rings is 2. The molecule has 120 valence electrons. The summed E-state index contributed by atoms with van der Waals surface area (Å²) in [6, 6.07) is 12.2. The van der Waals surface area contributed by atoms with Crippen LogP contribution in [0.2, 0.25) is 0 Å². The Labute approximate surface area is 136 Å². The van der Waals surface area contributed by atoms with E-state index in [9.17, 15) is 4.79 Å². The molecule has 0 atom stereocenters. The summed E-state index contributed by atoms with van der Waals surface area (Å²) in [4.78, 5) is 16.4. The Balaban J connectivity index is 1.72. The third-order valence-electron chi connectivity index (χ3n) is 4.30. The van der Waals surface area contributed by atoms with E-state index < -0.39 is 0 Å². The van der Waals surface area contributed by atoms with Crippen LogP contribution in [-0.4, -0.2) is 56.0 Å². The molecule has 0 aromatic heterocycles. The molecule has 4 heteroatoms. The molecule has 23 heavy (non-hydrogen) atoms. The van der Waals surface area contributed by atoms with E-state index in [1.807, 2.05) is 35.2 Å². The Kier molecular flexibility index (Phi) is 4.63. The fraction of sp³-hybridized carbons (Fsp3) is 0.316. The van der Waals surface area contributed by atoms with Crippen molar-refractivity contribution in [1.82, 2.24) is 9.80 Å². The van der Waals surface area contributed by atoms with Gasteiger partial charge in [-0.3, -0.25) is 4.79 Å². The van der Waals surface area contributed by atoms with Crippen molar-refractivity contribution in [2.45, 2.75) is 0 Å². The largest absolute Gasteiger partial charge is 0.497 e. The zero-order valence-corrected chi connectivity index (χ0v) is 13.7. The van der Waals surface area contributed by atoms with E-state index in [2.05, 4.69) is 24.1 Å². The van der Waals surface area contributed by atoms with E-state index in [0.29, 0.717) is 0 Å². The standard InChI is InChI=1S/C19H22N2O2/c1-20-9-11-21(12-10-20)19(22)8-4-15-3-5-17-14-18(23-2)7-6-16(17)13-15/h3-8,13-14H,9-12H2,1-2H3/b8-4+. The van der Waals surface area contributed by atoms with Gasteiger partial charge in [0.15, 0.2) is 0 Å². The summed E-state index contributed by atoms with van der Waals surface area (Å²) in [6.45, 7) is 3.49. The van der Waals surface area contributed by atoms with Crippen LogP contribution in [-0.2, 0) is 4.79 Å². The van der Waals surface area contributed by atoms with Gasteiger partial charge in [0.1, 0.15) is 5.75 Å². The quantitative estimate of drug-likeness (QED) is 0.817. The van der Waals surface area contributed by atoms with Crippen molar-refractivity contribution in [2.24, 2.45) is 0 Å². The Morgan fingerprint density at radius 2 is 1.74 bits per heavy atom. The van der Waals surface area contributed by atoms with Crippen LogP contribution in [0.25, 0.3) is 16.8 Å². The number of methoxy groups -OCH3 is 1. The highest BCUT2D eigenvalue weighted by molar-refractivity contribution is 5.93. The van der Waals surface area contributed by atoms with Gasteiger partial charge in [-0.15, -0.1) is 0 Å². The maximum absolute atomic E-state index is 12.2. The second-order valence-corrected chi connectivity index (χ2v) is 5.93. The highest BCUT2D eigenvalue weighted by Gasteiger charge is 2.16. The first kappa shape index (κ1) is 15.6. The van der Waals surface area contributed by atoms with Crippen molar-refractivity contribution >= 4 is 22.8 Å². The number of piperazine rings is 1. The highest BCUT2D eigenvalue weighted by Crippen LogP contribution is 2.22. The van der Waals surface area contributed by atoms with Crippen molar-refractivity contribution in [3.05, 3.63) is 48.0 Å². The van der Waals surface area contributed by atoms with E-state index in [1.54, 1.807) is 13.2 Å². The molecule has 0 N–H and O–H groups in total. The Morgan fingerprint density at radius 1 is 1.04 bits per heavy atom. The van der Waals surface area contributed by atoms with E-state index in [4.69, 9.17) is 4.74 Å². The average Bonchev–Trinajstić information content (AvgIpc) is 2.59. The van der Waals surface area contributed by atoms with Crippen LogP contribution in [0.4, 0.5) is 0 Å². The van der Waals surface area contributed by atoms with Gasteiger partial charge in [-0.05, 0) is 47.7 Å². The predicted octanol–water partition coefficient (Wildman–Crippen LogP) is 2.64. The molecule has 0 spiro atoms. The second-order valence-electron chi connectivity index (χ2n) is 5.93. The summed E-state index contributed by atoms with van der Waals surface area (Å²) in [7, 11) is 3.75. The lowest BCUT2D eigenvalue weighted by atomic mass is 10.1. The number of hydrogen-bond donors (Lipinski definition) is 0. The van der Waals surface area contributed by atoms with Gasteiger partial charge in [-0.25, -0.2) is 0 Å². The second kappa shape index (κ2) is 6.84. The normalized spacial score (nSPS) is 16.2. The number of rotatable bonds is 3. The fourth-order valence-corrected chi connectivity index (χ4v) is 2.77. The number of carbonyl (C=O) groups excluding carboxylic acids is 1. The lowest BCUT2D eigenvalue weighted by Gasteiger charge is -2.31. The van der Waals surface area contributed by atoms with Crippen LogP contribution in [0, 0.1) is 0 Å². The van der Waals surface area contributed by atoms with Crippen molar-refractivity contribution in [2.75, 3.05) is 40.3 Å². The average molecular weight is 310 g/mol. The summed E-state index contributed by atoms with van der Waals surface area (Å²) in [5, 5.41) is 2.27. The van der Waals surface area contributed by atoms with Gasteiger partial charge in [0.2, 0.25) is 5.91 Å². The van der Waals surface area contributed by atoms with Gasteiger partial charge < -0.3 is 14.5 Å². The smallest absolute Gasteiger partial charge is 0.246 e. The molecule has 1 heterocycles. The predicted molar refractivity (Wildman–Crippen MR) is 93.6 cm³/mol. The molecule has 0 unspecified atom stereocenters. The molecule has 0 bridgehead atoms. The van der Waals surface area contributed by atoms with Gasteiger partial charge >= 0.3 is 0 Å². The van der Waals surface area contributed by atoms with Crippen molar-refractivity contribution in [1.29, 1.82) is 0 Å². The van der Waals surface area contributed by atoms with Crippen LogP contribution in [0.5, 0.6) is 5.75 Å². The minimum atomic E-state index is 0.0907. The minimum absolute atomic E-state index is 0.0907. The third-order valence-corrected chi connectivity index (χ3v) is 4.30. The summed E-state index contributed by atoms with van der Waals surface area (Å²) in [5.74, 6) is 0.943. The number of fused-ring (bicyclic) bond motifs is 1. The first-order valence-corrected chi connectivity index (χ1v) is 7.89. The molecule has 1 saturated heterocycles. The van der Waals surface area contributed by atoms with Crippen LogP contribution in [0.15, 0.2) is 42.5 Å². The first-order valence-electron chi connectivity index (χ1n) is 7.89. The molecule has 4 nitrogen and oxygen atoms in total. The molecular formula is C19H22N2O2. The summed E-state index contributed by atoms with van der Waals surface area (Å²) >= 11 is 0. The zero-order chi connectivity index (χ0) is 16.2. The van der Waals surface area contributed by atoms with Gasteiger partial charge in [-0.2, -0.15) is 0 Å². The van der Waals surface area contributed by atoms with Gasteiger partial charge in [0.25, 0.3) is 0 Å². The number of likely N-dealkylation sites (N-methyl/N-ethyl adjacent to an activating group) is 1. The summed E-state index contributed by atoms with van der Waals surface area (Å²) in [6.07, 6.45) is 3.57. The molecule has 0 aliphatic carbocycles. The summed E-state index contributed by atoms with van der Waals surface area (Å²) < 4.78 is 5.24. The molecule has 3 rings (SSSR count). The molecule has 0 saturated carbocycles. The maximum atomic E-state index is 12.2. The lowest BCUT2D eigenvalue weighted by Crippen LogP contribution is -2.46. The number of ether oxygens (including phenoxy) is 1. The SMILES string of the molecule is COc1ccc2cc(/C=C/C(=O)N3CCN(C)CC3)ccc2c1. The lowest BCUT2D eigenvalue weighted by molar-refractivity contribution is -0.127. The fourth-order valence-electron chi connectivity index (χ4n) is 2.77. The summed E-state index contributed by atoms with van der Waals surface area (Å²) in [5.41, 5.74) is 1.03. The Morgan fingerprint density at radius 3 is 2.48 bits per heavy atom. The molecular weight excluding hydrogens is 288 g/mol. The van der Waals surface area contributed by atoms with Gasteiger partial charge in [0, 0.05) is 32.3 Å². The molecule has 1 fully saturated rings. The molecule has 2 aromatic rings. The van der Waals surface area contributed by atoms with Crippen LogP contribution >= 0.6 is 0 Å². The molecule has 1 aliphatic rings. The highest BCUT2D eigenvalue weighted by atomic mass is 16.5. The third kappa shape index (κ3) is 3.71. The van der Waals surface area contributed by atoms with Crippen molar-refractivity contribution < 1.29 is 9.53 Å². The Bertz CT molecular complexity index is 731. The van der Waals surface area contributed by atoms with E-state index in [1.165, 1.54) is 0 Å². The van der Waals surface area contributed by atoms with Crippen molar-refractivity contribution in [3.8, 4) is 5.75 Å². The van der Waals surface area contributed by atoms with Crippen LogP contribution in [0.1, 0.15) is 5.56 Å².